The lowest BCUT2D eigenvalue weighted by atomic mass is 9.92. The highest BCUT2D eigenvalue weighted by Crippen LogP contribution is 2.27. The fourth-order valence-electron chi connectivity index (χ4n) is 3.00. The Morgan fingerprint density at radius 2 is 1.95 bits per heavy atom. The summed E-state index contributed by atoms with van der Waals surface area (Å²) < 4.78 is 0. The van der Waals surface area contributed by atoms with Gasteiger partial charge in [0.15, 0.2) is 0 Å². The molecule has 1 N–H and O–H groups in total. The van der Waals surface area contributed by atoms with E-state index in [1.54, 1.807) is 0 Å². The summed E-state index contributed by atoms with van der Waals surface area (Å²) in [5.74, 6) is 0.493. The number of hydrogen-bond donors (Lipinski definition) is 1. The van der Waals surface area contributed by atoms with Gasteiger partial charge >= 0.3 is 0 Å². The topological polar surface area (TPSA) is 36.1 Å². The maximum absolute atomic E-state index is 12.2. The molecule has 0 aliphatic carbocycles. The van der Waals surface area contributed by atoms with Crippen molar-refractivity contribution in [3.05, 3.63) is 45.9 Å². The van der Waals surface area contributed by atoms with Gasteiger partial charge < -0.3 is 9.88 Å². The summed E-state index contributed by atoms with van der Waals surface area (Å²) >= 11 is 0. The fraction of sp³-hybridized carbons (Fsp3) is 0.438. The molecule has 3 heteroatoms. The second kappa shape index (κ2) is 4.82. The molecule has 0 unspecified atom stereocenters. The largest absolute Gasteiger partial charge is 0.325 e. The third-order valence-electron chi connectivity index (χ3n) is 4.28. The molecule has 1 saturated heterocycles. The van der Waals surface area contributed by atoms with Gasteiger partial charge in [-0.1, -0.05) is 12.1 Å². The van der Waals surface area contributed by atoms with E-state index in [9.17, 15) is 4.79 Å². The van der Waals surface area contributed by atoms with Crippen LogP contribution in [0, 0.1) is 6.92 Å². The number of aromatic amines is 1. The Kier molecular flexibility index (Phi) is 3.15. The molecule has 0 radical (unpaired) electrons. The summed E-state index contributed by atoms with van der Waals surface area (Å²) in [7, 11) is 2.16. The third-order valence-corrected chi connectivity index (χ3v) is 4.28. The van der Waals surface area contributed by atoms with E-state index in [1.165, 1.54) is 5.56 Å². The summed E-state index contributed by atoms with van der Waals surface area (Å²) in [6.45, 7) is 4.29. The first-order chi connectivity index (χ1) is 9.15. The van der Waals surface area contributed by atoms with Crippen LogP contribution >= 0.6 is 0 Å². The molecule has 1 aromatic carbocycles. The first kappa shape index (κ1) is 12.4. The van der Waals surface area contributed by atoms with Crippen LogP contribution < -0.4 is 5.56 Å². The van der Waals surface area contributed by atoms with E-state index < -0.39 is 0 Å². The average molecular weight is 256 g/mol. The minimum Gasteiger partial charge on any atom is -0.325 e. The van der Waals surface area contributed by atoms with E-state index in [2.05, 4.69) is 36.0 Å². The molecule has 0 bridgehead atoms. The Morgan fingerprint density at radius 1 is 1.21 bits per heavy atom. The minimum atomic E-state index is 0.0510. The van der Waals surface area contributed by atoms with Gasteiger partial charge in [-0.25, -0.2) is 0 Å². The van der Waals surface area contributed by atoms with Crippen molar-refractivity contribution in [1.29, 1.82) is 0 Å². The number of likely N-dealkylation sites (tertiary alicyclic amines) is 1. The van der Waals surface area contributed by atoms with Crippen LogP contribution in [-0.2, 0) is 0 Å². The average Bonchev–Trinajstić information content (AvgIpc) is 2.41. The number of fused-ring (bicyclic) bond motifs is 1. The van der Waals surface area contributed by atoms with Gasteiger partial charge in [-0.2, -0.15) is 0 Å². The molecule has 3 nitrogen and oxygen atoms in total. The van der Waals surface area contributed by atoms with Crippen LogP contribution in [0.4, 0.5) is 0 Å². The van der Waals surface area contributed by atoms with Crippen LogP contribution in [0.2, 0.25) is 0 Å². The fourth-order valence-corrected chi connectivity index (χ4v) is 3.00. The van der Waals surface area contributed by atoms with Gasteiger partial charge in [0, 0.05) is 17.0 Å². The van der Waals surface area contributed by atoms with Crippen molar-refractivity contribution in [2.24, 2.45) is 0 Å². The number of aromatic nitrogens is 1. The Labute approximate surface area is 113 Å². The zero-order chi connectivity index (χ0) is 13.4. The van der Waals surface area contributed by atoms with E-state index in [-0.39, 0.29) is 5.56 Å². The Balaban J connectivity index is 2.06. The Bertz CT molecular complexity index is 651. The van der Waals surface area contributed by atoms with Gasteiger partial charge in [0.25, 0.3) is 5.56 Å². The summed E-state index contributed by atoms with van der Waals surface area (Å²) in [4.78, 5) is 17.6. The molecule has 0 spiro atoms. The van der Waals surface area contributed by atoms with Gasteiger partial charge in [0.1, 0.15) is 0 Å². The summed E-state index contributed by atoms with van der Waals surface area (Å²) in [5, 5.41) is 1.90. The lowest BCUT2D eigenvalue weighted by Crippen LogP contribution is -2.30. The molecule has 0 amide bonds. The highest BCUT2D eigenvalue weighted by molar-refractivity contribution is 5.85. The molecule has 1 aliphatic rings. The van der Waals surface area contributed by atoms with Crippen molar-refractivity contribution in [2.75, 3.05) is 20.1 Å². The maximum atomic E-state index is 12.2. The highest BCUT2D eigenvalue weighted by Gasteiger charge is 2.19. The van der Waals surface area contributed by atoms with Crippen molar-refractivity contribution >= 4 is 10.8 Å². The molecule has 3 rings (SSSR count). The zero-order valence-electron chi connectivity index (χ0n) is 11.6. The molecule has 0 saturated carbocycles. The number of nitrogens with zero attached hydrogens (tertiary/aromatic N) is 1. The van der Waals surface area contributed by atoms with Gasteiger partial charge in [-0.3, -0.25) is 4.79 Å². The van der Waals surface area contributed by atoms with Crippen molar-refractivity contribution in [1.82, 2.24) is 9.88 Å². The molecule has 2 aromatic rings. The summed E-state index contributed by atoms with van der Waals surface area (Å²) in [5.41, 5.74) is 2.34. The van der Waals surface area contributed by atoms with Crippen molar-refractivity contribution in [2.45, 2.75) is 25.7 Å². The zero-order valence-corrected chi connectivity index (χ0v) is 11.6. The second-order valence-corrected chi connectivity index (χ2v) is 5.67. The number of piperidine rings is 1. The van der Waals surface area contributed by atoms with Crippen LogP contribution in [0.25, 0.3) is 10.8 Å². The molecule has 19 heavy (non-hydrogen) atoms. The summed E-state index contributed by atoms with van der Waals surface area (Å²) in [6, 6.07) is 8.10. The molecule has 1 fully saturated rings. The number of nitrogens with one attached hydrogen (secondary N) is 1. The van der Waals surface area contributed by atoms with Crippen LogP contribution in [0.3, 0.4) is 0 Å². The quantitative estimate of drug-likeness (QED) is 0.851. The van der Waals surface area contributed by atoms with Gasteiger partial charge in [-0.05, 0) is 63.0 Å². The first-order valence-corrected chi connectivity index (χ1v) is 6.96. The van der Waals surface area contributed by atoms with Gasteiger partial charge in [0.2, 0.25) is 0 Å². The van der Waals surface area contributed by atoms with Gasteiger partial charge in [-0.15, -0.1) is 0 Å². The maximum Gasteiger partial charge on any atom is 0.256 e. The van der Waals surface area contributed by atoms with Crippen LogP contribution in [0.1, 0.15) is 30.0 Å². The number of rotatable bonds is 1. The van der Waals surface area contributed by atoms with Crippen LogP contribution in [0.15, 0.2) is 29.1 Å². The lowest BCUT2D eigenvalue weighted by Gasteiger charge is -2.29. The number of pyridine rings is 1. The number of H-pyrrole nitrogens is 1. The number of benzene rings is 1. The standard InChI is InChI=1S/C16H20N2O/c1-11-4-3-5-13-14(11)10-15(17-16(13)19)12-6-8-18(2)9-7-12/h3-5,10,12H,6-9H2,1-2H3,(H,17,19). The van der Waals surface area contributed by atoms with Crippen molar-refractivity contribution in [3.8, 4) is 0 Å². The number of hydrogen-bond acceptors (Lipinski definition) is 2. The van der Waals surface area contributed by atoms with E-state index >= 15 is 0 Å². The third kappa shape index (κ3) is 2.30. The van der Waals surface area contributed by atoms with E-state index in [4.69, 9.17) is 0 Å². The Morgan fingerprint density at radius 3 is 2.68 bits per heavy atom. The smallest absolute Gasteiger partial charge is 0.256 e. The van der Waals surface area contributed by atoms with E-state index in [0.717, 1.165) is 42.4 Å². The second-order valence-electron chi connectivity index (χ2n) is 5.67. The van der Waals surface area contributed by atoms with E-state index in [1.807, 2.05) is 12.1 Å². The monoisotopic (exact) mass is 256 g/mol. The molecular formula is C16H20N2O. The molecule has 0 atom stereocenters. The SMILES string of the molecule is Cc1cccc2c(=O)[nH]c(C3CCN(C)CC3)cc12. The molecule has 2 heterocycles. The van der Waals surface area contributed by atoms with E-state index in [0.29, 0.717) is 5.92 Å². The lowest BCUT2D eigenvalue weighted by molar-refractivity contribution is 0.253. The molecule has 100 valence electrons. The molecule has 1 aliphatic heterocycles. The number of aryl methyl sites for hydroxylation is 1. The minimum absolute atomic E-state index is 0.0510. The summed E-state index contributed by atoms with van der Waals surface area (Å²) in [6.07, 6.45) is 2.26. The first-order valence-electron chi connectivity index (χ1n) is 6.96. The van der Waals surface area contributed by atoms with Crippen molar-refractivity contribution in [3.63, 3.8) is 0 Å². The van der Waals surface area contributed by atoms with Crippen LogP contribution in [0.5, 0.6) is 0 Å². The molecular weight excluding hydrogens is 236 g/mol. The van der Waals surface area contributed by atoms with Crippen LogP contribution in [-0.4, -0.2) is 30.0 Å². The van der Waals surface area contributed by atoms with Gasteiger partial charge in [0.05, 0.1) is 0 Å². The highest BCUT2D eigenvalue weighted by atomic mass is 16.1. The predicted octanol–water partition coefficient (Wildman–Crippen LogP) is 2.65. The Hall–Kier alpha value is -1.61. The normalized spacial score (nSPS) is 18.0. The predicted molar refractivity (Wildman–Crippen MR) is 78.8 cm³/mol. The van der Waals surface area contributed by atoms with Crippen molar-refractivity contribution < 1.29 is 0 Å². The molecule has 1 aromatic heterocycles.